The van der Waals surface area contributed by atoms with Gasteiger partial charge in [0.15, 0.2) is 0 Å². The van der Waals surface area contributed by atoms with Crippen LogP contribution in [0.5, 0.6) is 0 Å². The summed E-state index contributed by atoms with van der Waals surface area (Å²) in [5.41, 5.74) is 0. The molecule has 0 saturated carbocycles. The van der Waals surface area contributed by atoms with E-state index in [1.54, 1.807) is 0 Å². The molecule has 4 heteroatoms. The molecule has 0 amide bonds. The highest BCUT2D eigenvalue weighted by molar-refractivity contribution is 5.80. The zero-order valence-electron chi connectivity index (χ0n) is 9.32. The second-order valence-corrected chi connectivity index (χ2v) is 3.92. The molecule has 0 aliphatic carbocycles. The average molecular weight is 214 g/mol. The molecule has 1 aliphatic heterocycles. The number of cyclic esters (lactones) is 1. The summed E-state index contributed by atoms with van der Waals surface area (Å²) in [6.45, 7) is 4.28. The van der Waals surface area contributed by atoms with Gasteiger partial charge in [0, 0.05) is 0 Å². The normalized spacial score (nSPS) is 23.1. The third kappa shape index (κ3) is 3.90. The van der Waals surface area contributed by atoms with Gasteiger partial charge in [-0.2, -0.15) is 0 Å². The lowest BCUT2D eigenvalue weighted by molar-refractivity contribution is -0.160. The first kappa shape index (κ1) is 12.0. The predicted molar refractivity (Wildman–Crippen MR) is 54.1 cm³/mol. The molecule has 1 saturated heterocycles. The minimum Gasteiger partial charge on any atom is -0.465 e. The van der Waals surface area contributed by atoms with Crippen LogP contribution in [0.25, 0.3) is 0 Å². The van der Waals surface area contributed by atoms with Crippen LogP contribution < -0.4 is 0 Å². The molecule has 0 aromatic heterocycles. The Labute approximate surface area is 89.9 Å². The van der Waals surface area contributed by atoms with Gasteiger partial charge < -0.3 is 9.47 Å². The summed E-state index contributed by atoms with van der Waals surface area (Å²) < 4.78 is 9.98. The van der Waals surface area contributed by atoms with Crippen molar-refractivity contribution in [1.29, 1.82) is 0 Å². The summed E-state index contributed by atoms with van der Waals surface area (Å²) in [7, 11) is 0. The molecule has 1 aliphatic rings. The molecule has 1 heterocycles. The van der Waals surface area contributed by atoms with Gasteiger partial charge in [0.25, 0.3) is 0 Å². The minimum atomic E-state index is -0.298. The van der Waals surface area contributed by atoms with Crippen molar-refractivity contribution in [3.05, 3.63) is 0 Å². The van der Waals surface area contributed by atoms with Crippen molar-refractivity contribution >= 4 is 11.9 Å². The van der Waals surface area contributed by atoms with Crippen molar-refractivity contribution in [3.8, 4) is 0 Å². The molecule has 1 rings (SSSR count). The van der Waals surface area contributed by atoms with E-state index in [0.717, 1.165) is 19.3 Å². The quantitative estimate of drug-likeness (QED) is 0.668. The topological polar surface area (TPSA) is 52.6 Å². The molecule has 0 bridgehead atoms. The molecule has 86 valence electrons. The predicted octanol–water partition coefficient (Wildman–Crippen LogP) is 1.67. The zero-order valence-corrected chi connectivity index (χ0v) is 9.32. The fraction of sp³-hybridized carbons (Fsp3) is 0.818. The van der Waals surface area contributed by atoms with Crippen LogP contribution in [0.2, 0.25) is 0 Å². The van der Waals surface area contributed by atoms with Crippen molar-refractivity contribution in [2.75, 3.05) is 6.61 Å². The summed E-state index contributed by atoms with van der Waals surface area (Å²) in [5.74, 6) is -0.856. The van der Waals surface area contributed by atoms with Gasteiger partial charge in [-0.25, -0.2) is 0 Å². The molecule has 1 fully saturated rings. The first-order valence-electron chi connectivity index (χ1n) is 5.49. The Bertz CT molecular complexity index is 237. The van der Waals surface area contributed by atoms with E-state index in [4.69, 9.17) is 9.47 Å². The van der Waals surface area contributed by atoms with Gasteiger partial charge in [-0.3, -0.25) is 9.59 Å². The monoisotopic (exact) mass is 214 g/mol. The van der Waals surface area contributed by atoms with Crippen LogP contribution in [-0.2, 0) is 19.1 Å². The number of esters is 2. The van der Waals surface area contributed by atoms with E-state index in [0.29, 0.717) is 6.61 Å². The number of rotatable bonds is 4. The van der Waals surface area contributed by atoms with Gasteiger partial charge in [0.05, 0.1) is 25.0 Å². The number of carbonyl (C=O) groups is 2. The Balaban J connectivity index is 2.33. The van der Waals surface area contributed by atoms with E-state index in [-0.39, 0.29) is 30.4 Å². The lowest BCUT2D eigenvalue weighted by Crippen LogP contribution is -2.27. The largest absolute Gasteiger partial charge is 0.465 e. The summed E-state index contributed by atoms with van der Waals surface area (Å²) in [6.07, 6.45) is 2.45. The van der Waals surface area contributed by atoms with E-state index in [1.165, 1.54) is 0 Å². The first-order valence-corrected chi connectivity index (χ1v) is 5.49. The van der Waals surface area contributed by atoms with Crippen molar-refractivity contribution in [3.63, 3.8) is 0 Å². The van der Waals surface area contributed by atoms with Crippen LogP contribution in [0, 0.1) is 5.92 Å². The van der Waals surface area contributed by atoms with Crippen LogP contribution in [0.4, 0.5) is 0 Å². The smallest absolute Gasteiger partial charge is 0.309 e. The maximum absolute atomic E-state index is 11.4. The van der Waals surface area contributed by atoms with Gasteiger partial charge in [-0.05, 0) is 26.2 Å². The van der Waals surface area contributed by atoms with Gasteiger partial charge in [-0.1, -0.05) is 6.92 Å². The number of hydrogen-bond donors (Lipinski definition) is 0. The number of ether oxygens (including phenoxy) is 2. The summed E-state index contributed by atoms with van der Waals surface area (Å²) in [4.78, 5) is 22.7. The standard InChI is InChI=1S/C11H18O4/c1-3-8(2)15-10(12)7-9-5-4-6-14-11(9)13/h8-9H,3-7H2,1-2H3. The van der Waals surface area contributed by atoms with Crippen molar-refractivity contribution in [2.45, 2.75) is 45.6 Å². The fourth-order valence-corrected chi connectivity index (χ4v) is 1.48. The molecule has 0 aromatic carbocycles. The van der Waals surface area contributed by atoms with Crippen molar-refractivity contribution in [1.82, 2.24) is 0 Å². The van der Waals surface area contributed by atoms with Crippen LogP contribution in [-0.4, -0.2) is 24.6 Å². The van der Waals surface area contributed by atoms with E-state index in [2.05, 4.69) is 0 Å². The van der Waals surface area contributed by atoms with Crippen molar-refractivity contribution < 1.29 is 19.1 Å². The molecule has 4 nitrogen and oxygen atoms in total. The van der Waals surface area contributed by atoms with E-state index in [9.17, 15) is 9.59 Å². The zero-order chi connectivity index (χ0) is 11.3. The maximum atomic E-state index is 11.4. The van der Waals surface area contributed by atoms with Gasteiger partial charge in [0.2, 0.25) is 0 Å². The summed E-state index contributed by atoms with van der Waals surface area (Å²) >= 11 is 0. The second kappa shape index (κ2) is 5.73. The lowest BCUT2D eigenvalue weighted by Gasteiger charge is -2.20. The highest BCUT2D eigenvalue weighted by Gasteiger charge is 2.27. The molecule has 0 radical (unpaired) electrons. The Morgan fingerprint density at radius 1 is 1.67 bits per heavy atom. The highest BCUT2D eigenvalue weighted by atomic mass is 16.5. The Hall–Kier alpha value is -1.06. The first-order chi connectivity index (χ1) is 7.13. The molecular weight excluding hydrogens is 196 g/mol. The van der Waals surface area contributed by atoms with Gasteiger partial charge in [0.1, 0.15) is 0 Å². The Morgan fingerprint density at radius 3 is 3.00 bits per heavy atom. The summed E-state index contributed by atoms with van der Waals surface area (Å²) in [5, 5.41) is 0. The Morgan fingerprint density at radius 2 is 2.40 bits per heavy atom. The SMILES string of the molecule is CCC(C)OC(=O)CC1CCCOC1=O. The van der Waals surface area contributed by atoms with Gasteiger partial charge in [-0.15, -0.1) is 0 Å². The molecule has 15 heavy (non-hydrogen) atoms. The van der Waals surface area contributed by atoms with E-state index in [1.807, 2.05) is 13.8 Å². The molecule has 0 aromatic rings. The molecule has 0 spiro atoms. The van der Waals surface area contributed by atoms with Crippen LogP contribution in [0.3, 0.4) is 0 Å². The molecule has 2 unspecified atom stereocenters. The van der Waals surface area contributed by atoms with Crippen LogP contribution in [0.1, 0.15) is 39.5 Å². The molecular formula is C11H18O4. The van der Waals surface area contributed by atoms with Crippen LogP contribution in [0.15, 0.2) is 0 Å². The van der Waals surface area contributed by atoms with Gasteiger partial charge >= 0.3 is 11.9 Å². The minimum absolute atomic E-state index is 0.0721. The Kier molecular flexibility index (Phi) is 4.59. The third-order valence-corrected chi connectivity index (χ3v) is 2.60. The third-order valence-electron chi connectivity index (χ3n) is 2.60. The molecule has 0 N–H and O–H groups in total. The van der Waals surface area contributed by atoms with Crippen LogP contribution >= 0.6 is 0 Å². The van der Waals surface area contributed by atoms with Crippen molar-refractivity contribution in [2.24, 2.45) is 5.92 Å². The highest BCUT2D eigenvalue weighted by Crippen LogP contribution is 2.19. The maximum Gasteiger partial charge on any atom is 0.309 e. The fourth-order valence-electron chi connectivity index (χ4n) is 1.48. The molecule has 2 atom stereocenters. The lowest BCUT2D eigenvalue weighted by atomic mass is 9.98. The average Bonchev–Trinajstić information content (AvgIpc) is 2.21. The number of hydrogen-bond acceptors (Lipinski definition) is 4. The summed E-state index contributed by atoms with van der Waals surface area (Å²) in [6, 6.07) is 0. The second-order valence-electron chi connectivity index (χ2n) is 3.92. The van der Waals surface area contributed by atoms with E-state index < -0.39 is 0 Å². The number of carbonyl (C=O) groups excluding carboxylic acids is 2. The van der Waals surface area contributed by atoms with E-state index >= 15 is 0 Å².